The Morgan fingerprint density at radius 1 is 1.32 bits per heavy atom. The maximum atomic E-state index is 14.2. The van der Waals surface area contributed by atoms with E-state index in [-0.39, 0.29) is 23.0 Å². The Morgan fingerprint density at radius 2 is 2.08 bits per heavy atom. The zero-order valence-electron chi connectivity index (χ0n) is 13.8. The van der Waals surface area contributed by atoms with Crippen molar-refractivity contribution in [3.8, 4) is 0 Å². The Kier molecular flexibility index (Phi) is 4.91. The summed E-state index contributed by atoms with van der Waals surface area (Å²) in [4.78, 5) is 30.3. The summed E-state index contributed by atoms with van der Waals surface area (Å²) in [6.07, 6.45) is 0.495. The first-order chi connectivity index (χ1) is 11.9. The molecule has 0 radical (unpaired) electrons. The number of pyridine rings is 1. The minimum absolute atomic E-state index is 0.174. The minimum atomic E-state index is -0.496. The number of fused-ring (bicyclic) bond motifs is 1. The lowest BCUT2D eigenvalue weighted by molar-refractivity contribution is -0.120. The van der Waals surface area contributed by atoms with Gasteiger partial charge in [0.15, 0.2) is 0 Å². The van der Waals surface area contributed by atoms with Crippen molar-refractivity contribution >= 4 is 33.3 Å². The molecule has 0 unspecified atom stereocenters. The van der Waals surface area contributed by atoms with Crippen molar-refractivity contribution in [2.75, 3.05) is 18.5 Å². The number of carbonyl (C=O) groups excluding carboxylic acids is 1. The number of hydrogen-bond acceptors (Lipinski definition) is 4. The summed E-state index contributed by atoms with van der Waals surface area (Å²) in [6, 6.07) is 5.97. The number of halogens is 2. The van der Waals surface area contributed by atoms with Gasteiger partial charge in [-0.25, -0.2) is 9.45 Å². The third kappa shape index (κ3) is 3.32. The van der Waals surface area contributed by atoms with Gasteiger partial charge in [0.05, 0.1) is 24.4 Å². The van der Waals surface area contributed by atoms with Crippen LogP contribution in [0.3, 0.4) is 0 Å². The van der Waals surface area contributed by atoms with Crippen LogP contribution in [0.25, 0.3) is 0 Å². The van der Waals surface area contributed by atoms with E-state index in [1.54, 1.807) is 13.0 Å². The highest BCUT2D eigenvalue weighted by Gasteiger charge is 2.30. The summed E-state index contributed by atoms with van der Waals surface area (Å²) < 4.78 is 16.1. The molecule has 2 aromatic rings. The van der Waals surface area contributed by atoms with Gasteiger partial charge in [-0.1, -0.05) is 15.9 Å². The third-order valence-corrected chi connectivity index (χ3v) is 4.51. The molecule has 1 aliphatic heterocycles. The fourth-order valence-corrected chi connectivity index (χ4v) is 3.11. The van der Waals surface area contributed by atoms with E-state index in [1.807, 2.05) is 0 Å². The van der Waals surface area contributed by atoms with Crippen molar-refractivity contribution in [3.05, 3.63) is 56.0 Å². The van der Waals surface area contributed by atoms with Gasteiger partial charge in [-0.2, -0.15) is 0 Å². The average molecular weight is 410 g/mol. The molecule has 1 aliphatic rings. The molecule has 2 heterocycles. The highest BCUT2D eigenvalue weighted by Crippen LogP contribution is 2.29. The summed E-state index contributed by atoms with van der Waals surface area (Å²) in [7, 11) is 1.54. The van der Waals surface area contributed by atoms with E-state index < -0.39 is 5.82 Å². The third-order valence-electron chi connectivity index (χ3n) is 4.02. The average Bonchev–Trinajstić information content (AvgIpc) is 2.56. The molecule has 3 rings (SSSR count). The van der Waals surface area contributed by atoms with Crippen LogP contribution in [0.4, 0.5) is 15.9 Å². The van der Waals surface area contributed by atoms with Crippen molar-refractivity contribution < 1.29 is 14.0 Å². The molecular formula is C17H17BrFN3O3. The predicted octanol–water partition coefficient (Wildman–Crippen LogP) is 2.98. The Morgan fingerprint density at radius 3 is 2.76 bits per heavy atom. The Bertz CT molecular complexity index is 897. The zero-order chi connectivity index (χ0) is 18.1. The molecular weight excluding hydrogens is 393 g/mol. The molecule has 132 valence electrons. The van der Waals surface area contributed by atoms with Crippen LogP contribution < -0.4 is 10.9 Å². The number of aromatic nitrogens is 1. The van der Waals surface area contributed by atoms with Gasteiger partial charge in [-0.15, -0.1) is 0 Å². The Labute approximate surface area is 152 Å². The van der Waals surface area contributed by atoms with Gasteiger partial charge in [-0.3, -0.25) is 19.0 Å². The Hall–Kier alpha value is -2.19. The van der Waals surface area contributed by atoms with Crippen LogP contribution in [0.15, 0.2) is 33.5 Å². The molecule has 0 aliphatic carbocycles. The van der Waals surface area contributed by atoms with E-state index in [0.29, 0.717) is 35.2 Å². The van der Waals surface area contributed by atoms with Gasteiger partial charge in [0, 0.05) is 17.6 Å². The van der Waals surface area contributed by atoms with Crippen molar-refractivity contribution in [3.63, 3.8) is 0 Å². The standard InChI is InChI=1S/C17H17BrFN3O3/c1-3-25-22-7-6-10-8-14(23)21(2)16(15(10)17(22)24)20-13-5-4-11(18)9-12(13)19/h4-5,8-9,20H,3,6-7H2,1-2H3. The first kappa shape index (κ1) is 17.6. The van der Waals surface area contributed by atoms with Crippen molar-refractivity contribution in [1.29, 1.82) is 0 Å². The first-order valence-corrected chi connectivity index (χ1v) is 8.61. The van der Waals surface area contributed by atoms with Crippen molar-refractivity contribution in [1.82, 2.24) is 9.63 Å². The SMILES string of the molecule is CCON1CCc2cc(=O)n(C)c(Nc3ccc(Br)cc3F)c2C1=O. The van der Waals surface area contributed by atoms with Gasteiger partial charge < -0.3 is 5.32 Å². The van der Waals surface area contributed by atoms with Crippen LogP contribution in [0.1, 0.15) is 22.8 Å². The number of amides is 1. The van der Waals surface area contributed by atoms with E-state index in [2.05, 4.69) is 21.2 Å². The highest BCUT2D eigenvalue weighted by atomic mass is 79.9. The van der Waals surface area contributed by atoms with Crippen LogP contribution in [0, 0.1) is 5.82 Å². The summed E-state index contributed by atoms with van der Waals surface area (Å²) >= 11 is 3.20. The normalized spacial score (nSPS) is 13.8. The number of rotatable bonds is 4. The van der Waals surface area contributed by atoms with E-state index in [1.165, 1.54) is 34.9 Å². The van der Waals surface area contributed by atoms with E-state index >= 15 is 0 Å². The van der Waals surface area contributed by atoms with Crippen molar-refractivity contribution in [2.24, 2.45) is 7.05 Å². The van der Waals surface area contributed by atoms with E-state index in [9.17, 15) is 14.0 Å². The Balaban J connectivity index is 2.11. The molecule has 1 aromatic carbocycles. The monoisotopic (exact) mass is 409 g/mol. The van der Waals surface area contributed by atoms with E-state index in [0.717, 1.165) is 0 Å². The molecule has 25 heavy (non-hydrogen) atoms. The van der Waals surface area contributed by atoms with Crippen LogP contribution >= 0.6 is 15.9 Å². The lowest BCUT2D eigenvalue weighted by atomic mass is 10.0. The number of hydroxylamine groups is 2. The maximum absolute atomic E-state index is 14.2. The summed E-state index contributed by atoms with van der Waals surface area (Å²) in [5, 5.41) is 4.17. The first-order valence-electron chi connectivity index (χ1n) is 7.82. The molecule has 1 N–H and O–H groups in total. The molecule has 0 saturated heterocycles. The number of nitrogens with zero attached hydrogens (tertiary/aromatic N) is 2. The summed E-state index contributed by atoms with van der Waals surface area (Å²) in [5.74, 6) is -0.596. The molecule has 8 heteroatoms. The largest absolute Gasteiger partial charge is 0.338 e. The summed E-state index contributed by atoms with van der Waals surface area (Å²) in [6.45, 7) is 2.52. The maximum Gasteiger partial charge on any atom is 0.281 e. The minimum Gasteiger partial charge on any atom is -0.338 e. The van der Waals surface area contributed by atoms with Crippen LogP contribution in [-0.2, 0) is 18.3 Å². The molecule has 1 amide bonds. The van der Waals surface area contributed by atoms with Crippen molar-refractivity contribution in [2.45, 2.75) is 13.3 Å². The zero-order valence-corrected chi connectivity index (χ0v) is 15.4. The topological polar surface area (TPSA) is 63.6 Å². The lowest BCUT2D eigenvalue weighted by Gasteiger charge is -2.29. The second kappa shape index (κ2) is 6.97. The quantitative estimate of drug-likeness (QED) is 0.842. The fourth-order valence-electron chi connectivity index (χ4n) is 2.78. The highest BCUT2D eigenvalue weighted by molar-refractivity contribution is 9.10. The number of benzene rings is 1. The van der Waals surface area contributed by atoms with Gasteiger partial charge >= 0.3 is 0 Å². The number of hydrogen-bond donors (Lipinski definition) is 1. The van der Waals surface area contributed by atoms with Crippen LogP contribution in [-0.4, -0.2) is 28.7 Å². The summed E-state index contributed by atoms with van der Waals surface area (Å²) in [5.41, 5.74) is 0.859. The molecule has 1 aromatic heterocycles. The van der Waals surface area contributed by atoms with Gasteiger partial charge in [-0.05, 0) is 37.1 Å². The number of nitrogens with one attached hydrogen (secondary N) is 1. The molecule has 0 fully saturated rings. The van der Waals surface area contributed by atoms with E-state index in [4.69, 9.17) is 4.84 Å². The molecule has 0 bridgehead atoms. The van der Waals surface area contributed by atoms with Crippen LogP contribution in [0.5, 0.6) is 0 Å². The van der Waals surface area contributed by atoms with Gasteiger partial charge in [0.2, 0.25) is 0 Å². The fraction of sp³-hybridized carbons (Fsp3) is 0.294. The molecule has 0 atom stereocenters. The smallest absolute Gasteiger partial charge is 0.281 e. The van der Waals surface area contributed by atoms with Gasteiger partial charge in [0.25, 0.3) is 11.5 Å². The molecule has 0 saturated carbocycles. The second-order valence-electron chi connectivity index (χ2n) is 5.61. The lowest BCUT2D eigenvalue weighted by Crippen LogP contribution is -2.40. The number of carbonyl (C=O) groups is 1. The predicted molar refractivity (Wildman–Crippen MR) is 95.4 cm³/mol. The molecule has 6 nitrogen and oxygen atoms in total. The second-order valence-corrected chi connectivity index (χ2v) is 6.53. The van der Waals surface area contributed by atoms with Crippen LogP contribution in [0.2, 0.25) is 0 Å². The number of anilines is 2. The molecule has 0 spiro atoms. The van der Waals surface area contributed by atoms with Gasteiger partial charge in [0.1, 0.15) is 11.6 Å².